The van der Waals surface area contributed by atoms with Gasteiger partial charge in [-0.25, -0.2) is 0 Å². The fraction of sp³-hybridized carbons (Fsp3) is 0. The molecule has 156 valence electrons. The molecular weight excluding hydrogens is 410 g/mol. The van der Waals surface area contributed by atoms with Gasteiger partial charge in [-0.05, 0) is 36.4 Å². The van der Waals surface area contributed by atoms with Crippen molar-refractivity contribution in [2.75, 3.05) is 0 Å². The highest BCUT2D eigenvalue weighted by atomic mass is 16.6. The molecule has 4 aromatic carbocycles. The third-order valence-corrected chi connectivity index (χ3v) is 5.62. The summed E-state index contributed by atoms with van der Waals surface area (Å²) in [5.41, 5.74) is 4.89. The molecular formula is C26H18B2N2O3. The highest BCUT2D eigenvalue weighted by Gasteiger charge is 2.38. The van der Waals surface area contributed by atoms with Crippen LogP contribution in [0.2, 0.25) is 0 Å². The normalized spacial score (nSPS) is 14.1. The smallest absolute Gasteiger partial charge is 0.532 e. The Morgan fingerprint density at radius 2 is 0.909 bits per heavy atom. The number of nitrogens with zero attached hydrogens (tertiary/aromatic N) is 2. The van der Waals surface area contributed by atoms with Crippen LogP contribution in [0.1, 0.15) is 11.1 Å². The van der Waals surface area contributed by atoms with E-state index in [1.165, 1.54) is 0 Å². The lowest BCUT2D eigenvalue weighted by molar-refractivity contribution is 0.388. The van der Waals surface area contributed by atoms with Crippen LogP contribution in [-0.2, 0) is 4.57 Å². The first kappa shape index (κ1) is 19.6. The molecule has 4 aromatic rings. The first-order valence-electron chi connectivity index (χ1n) is 10.8. The summed E-state index contributed by atoms with van der Waals surface area (Å²) in [4.78, 5) is 9.48. The van der Waals surface area contributed by atoms with E-state index >= 15 is 0 Å². The fourth-order valence-electron chi connectivity index (χ4n) is 3.95. The van der Waals surface area contributed by atoms with Gasteiger partial charge in [0.05, 0.1) is 11.4 Å². The molecule has 0 saturated carbocycles. The lowest BCUT2D eigenvalue weighted by Gasteiger charge is -2.25. The van der Waals surface area contributed by atoms with Gasteiger partial charge >= 0.3 is 14.2 Å². The first-order chi connectivity index (χ1) is 16.3. The van der Waals surface area contributed by atoms with Gasteiger partial charge in [-0.2, -0.15) is 0 Å². The van der Waals surface area contributed by atoms with E-state index in [4.69, 9.17) is 23.9 Å². The van der Waals surface area contributed by atoms with Gasteiger partial charge in [-0.1, -0.05) is 60.7 Å². The van der Waals surface area contributed by atoms with Gasteiger partial charge in [0.2, 0.25) is 0 Å². The molecule has 5 nitrogen and oxygen atoms in total. The Morgan fingerprint density at radius 3 is 1.42 bits per heavy atom. The van der Waals surface area contributed by atoms with Crippen molar-refractivity contribution in [3.8, 4) is 11.5 Å². The first-order valence-corrected chi connectivity index (χ1v) is 10.8. The Kier molecular flexibility index (Phi) is 5.01. The van der Waals surface area contributed by atoms with Gasteiger partial charge < -0.3 is 13.9 Å². The number of aliphatic imine (C=N–C) groups is 2. The standard InChI is InChI=1S/C26H18B2N2O3/c1-7-15-25-19(9-1)17-29-23-13-5-3-11-21(23)28-32-26-16-8-2-10-20(26)18-30-24-14-6-4-12-22(24)27(31-25)33-28/h1-18H. The molecule has 2 aliphatic heterocycles. The number of para-hydroxylation sites is 4. The van der Waals surface area contributed by atoms with Gasteiger partial charge in [-0.3, -0.25) is 9.98 Å². The molecule has 0 radical (unpaired) electrons. The molecule has 0 aromatic heterocycles. The van der Waals surface area contributed by atoms with Crippen LogP contribution in [0.25, 0.3) is 0 Å². The summed E-state index contributed by atoms with van der Waals surface area (Å²) in [6.45, 7) is 0. The van der Waals surface area contributed by atoms with Crippen molar-refractivity contribution < 1.29 is 13.9 Å². The van der Waals surface area contributed by atoms with Gasteiger partial charge in [-0.15, -0.1) is 0 Å². The van der Waals surface area contributed by atoms with Crippen molar-refractivity contribution in [1.29, 1.82) is 0 Å². The van der Waals surface area contributed by atoms with E-state index in [9.17, 15) is 0 Å². The average Bonchev–Trinajstić information content (AvgIpc) is 2.87. The molecule has 2 bridgehead atoms. The maximum atomic E-state index is 6.58. The summed E-state index contributed by atoms with van der Waals surface area (Å²) >= 11 is 0. The third-order valence-electron chi connectivity index (χ3n) is 5.62. The minimum atomic E-state index is -0.755. The number of rotatable bonds is 0. The van der Waals surface area contributed by atoms with Crippen molar-refractivity contribution in [3.63, 3.8) is 0 Å². The second-order valence-corrected chi connectivity index (χ2v) is 7.75. The molecule has 0 spiro atoms. The molecule has 0 unspecified atom stereocenters. The minimum Gasteiger partial charge on any atom is -0.532 e. The predicted octanol–water partition coefficient (Wildman–Crippen LogP) is 4.08. The van der Waals surface area contributed by atoms with Gasteiger partial charge in [0.15, 0.2) is 0 Å². The molecule has 0 N–H and O–H groups in total. The van der Waals surface area contributed by atoms with E-state index in [0.717, 1.165) is 33.4 Å². The summed E-state index contributed by atoms with van der Waals surface area (Å²) in [7, 11) is -1.51. The zero-order chi connectivity index (χ0) is 22.0. The van der Waals surface area contributed by atoms with Gasteiger partial charge in [0.25, 0.3) is 0 Å². The maximum Gasteiger partial charge on any atom is 0.552 e. The summed E-state index contributed by atoms with van der Waals surface area (Å²) in [5.74, 6) is 1.33. The SMILES string of the molecule is C1=Nc2ccccc2B2OB(Oc3ccccc31)c1ccccc1N=Cc1ccccc1O2. The Labute approximate surface area is 192 Å². The van der Waals surface area contributed by atoms with Crippen LogP contribution in [0.15, 0.2) is 107 Å². The van der Waals surface area contributed by atoms with Gasteiger partial charge in [0, 0.05) is 34.5 Å². The highest BCUT2D eigenvalue weighted by Crippen LogP contribution is 2.25. The molecule has 0 aliphatic carbocycles. The van der Waals surface area contributed by atoms with Crippen molar-refractivity contribution in [3.05, 3.63) is 108 Å². The van der Waals surface area contributed by atoms with Crippen molar-refractivity contribution in [2.45, 2.75) is 0 Å². The zero-order valence-corrected chi connectivity index (χ0v) is 17.7. The highest BCUT2D eigenvalue weighted by molar-refractivity contribution is 6.76. The fourth-order valence-corrected chi connectivity index (χ4v) is 3.95. The van der Waals surface area contributed by atoms with E-state index < -0.39 is 14.2 Å². The Balaban J connectivity index is 1.60. The van der Waals surface area contributed by atoms with Crippen molar-refractivity contribution in [2.24, 2.45) is 9.98 Å². The lowest BCUT2D eigenvalue weighted by atomic mass is 9.69. The quantitative estimate of drug-likeness (QED) is 0.397. The van der Waals surface area contributed by atoms with Crippen LogP contribution in [0, 0.1) is 0 Å². The summed E-state index contributed by atoms with van der Waals surface area (Å²) < 4.78 is 19.5. The predicted molar refractivity (Wildman–Crippen MR) is 133 cm³/mol. The number of fused-ring (bicyclic) bond motifs is 8. The molecule has 0 atom stereocenters. The molecule has 33 heavy (non-hydrogen) atoms. The lowest BCUT2D eigenvalue weighted by Crippen LogP contribution is -2.51. The molecule has 0 saturated heterocycles. The maximum absolute atomic E-state index is 6.58. The van der Waals surface area contributed by atoms with Crippen LogP contribution in [0.4, 0.5) is 11.4 Å². The monoisotopic (exact) mass is 428 g/mol. The number of hydrogen-bond acceptors (Lipinski definition) is 5. The Morgan fingerprint density at radius 1 is 0.485 bits per heavy atom. The second kappa shape index (κ2) is 8.45. The minimum absolute atomic E-state index is 0.667. The van der Waals surface area contributed by atoms with E-state index in [1.54, 1.807) is 0 Å². The third kappa shape index (κ3) is 3.83. The van der Waals surface area contributed by atoms with E-state index in [0.29, 0.717) is 11.5 Å². The molecule has 7 heteroatoms. The van der Waals surface area contributed by atoms with Crippen LogP contribution in [0.5, 0.6) is 11.5 Å². The van der Waals surface area contributed by atoms with E-state index in [-0.39, 0.29) is 0 Å². The summed E-state index contributed by atoms with van der Waals surface area (Å²) in [6.07, 6.45) is 3.63. The topological polar surface area (TPSA) is 52.4 Å². The van der Waals surface area contributed by atoms with Crippen LogP contribution < -0.4 is 20.2 Å². The number of benzene rings is 4. The zero-order valence-electron chi connectivity index (χ0n) is 17.7. The van der Waals surface area contributed by atoms with Crippen LogP contribution in [0.3, 0.4) is 0 Å². The van der Waals surface area contributed by atoms with Crippen molar-refractivity contribution in [1.82, 2.24) is 0 Å². The second-order valence-electron chi connectivity index (χ2n) is 7.75. The van der Waals surface area contributed by atoms with Crippen molar-refractivity contribution >= 4 is 49.0 Å². The molecule has 6 rings (SSSR count). The average molecular weight is 428 g/mol. The van der Waals surface area contributed by atoms with E-state index in [1.807, 2.05) is 109 Å². The number of hydrogen-bond donors (Lipinski definition) is 0. The van der Waals surface area contributed by atoms with Gasteiger partial charge in [0.1, 0.15) is 11.5 Å². The van der Waals surface area contributed by atoms with E-state index in [2.05, 4.69) is 0 Å². The largest absolute Gasteiger partial charge is 0.552 e. The Bertz CT molecular complexity index is 1280. The Hall–Kier alpha value is -4.09. The molecule has 0 fully saturated rings. The summed E-state index contributed by atoms with van der Waals surface area (Å²) in [6, 6.07) is 31.2. The van der Waals surface area contributed by atoms with Crippen LogP contribution in [-0.4, -0.2) is 26.7 Å². The molecule has 2 heterocycles. The summed E-state index contributed by atoms with van der Waals surface area (Å²) in [5, 5.41) is 0. The van der Waals surface area contributed by atoms with Crippen LogP contribution >= 0.6 is 0 Å². The molecule has 0 amide bonds. The molecule has 2 aliphatic rings.